The summed E-state index contributed by atoms with van der Waals surface area (Å²) in [4.78, 5) is 2.50. The van der Waals surface area contributed by atoms with E-state index in [0.29, 0.717) is 18.4 Å². The Morgan fingerprint density at radius 2 is 1.86 bits per heavy atom. The fourth-order valence-electron chi connectivity index (χ4n) is 5.38. The van der Waals surface area contributed by atoms with Gasteiger partial charge in [0.05, 0.1) is 0 Å². The highest BCUT2D eigenvalue weighted by molar-refractivity contribution is 5.96. The van der Waals surface area contributed by atoms with Gasteiger partial charge in [0, 0.05) is 23.7 Å². The smallest absolute Gasteiger partial charge is 0.150 e. The molecule has 5 rings (SSSR count). The molecule has 0 amide bonds. The van der Waals surface area contributed by atoms with Gasteiger partial charge in [-0.3, -0.25) is 4.90 Å². The quantitative estimate of drug-likeness (QED) is 0.371. The molecule has 1 fully saturated rings. The van der Waals surface area contributed by atoms with E-state index < -0.39 is 6.10 Å². The van der Waals surface area contributed by atoms with Crippen LogP contribution in [-0.4, -0.2) is 40.9 Å². The molecule has 5 nitrogen and oxygen atoms in total. The van der Waals surface area contributed by atoms with Crippen LogP contribution in [0.1, 0.15) is 55.5 Å². The van der Waals surface area contributed by atoms with Crippen LogP contribution in [0.15, 0.2) is 67.2 Å². The third-order valence-electron chi connectivity index (χ3n) is 7.52. The minimum atomic E-state index is -0.393. The second-order valence-electron chi connectivity index (χ2n) is 10.4. The zero-order valence-electron chi connectivity index (χ0n) is 21.8. The molecule has 1 saturated heterocycles. The lowest BCUT2D eigenvalue weighted by atomic mass is 9.85. The molecule has 0 radical (unpaired) electrons. The lowest BCUT2D eigenvalue weighted by Gasteiger charge is -2.31. The highest BCUT2D eigenvalue weighted by Crippen LogP contribution is 2.48. The second kappa shape index (κ2) is 10.3. The van der Waals surface area contributed by atoms with Gasteiger partial charge in [0.1, 0.15) is 35.7 Å². The number of benzene rings is 3. The number of nitrogens with zero attached hydrogens (tertiary/aromatic N) is 1. The van der Waals surface area contributed by atoms with E-state index in [9.17, 15) is 10.2 Å². The predicted octanol–water partition coefficient (Wildman–Crippen LogP) is 6.91. The number of phenolic OH excluding ortho intramolecular Hbond substituents is 2. The van der Waals surface area contributed by atoms with E-state index >= 15 is 0 Å². The third-order valence-corrected chi connectivity index (χ3v) is 7.52. The molecule has 0 aliphatic carbocycles. The second-order valence-corrected chi connectivity index (χ2v) is 10.4. The first-order chi connectivity index (χ1) is 17.8. The number of ether oxygens (including phenoxy) is 2. The lowest BCUT2D eigenvalue weighted by molar-refractivity contribution is 0.169. The van der Waals surface area contributed by atoms with Gasteiger partial charge in [0.25, 0.3) is 0 Å². The number of phenols is 2. The Morgan fingerprint density at radius 3 is 2.57 bits per heavy atom. The molecule has 2 N–H and O–H groups in total. The van der Waals surface area contributed by atoms with E-state index in [1.165, 1.54) is 6.42 Å². The van der Waals surface area contributed by atoms with E-state index in [1.54, 1.807) is 36.4 Å². The monoisotopic (exact) mass is 497 g/mol. The zero-order valence-corrected chi connectivity index (χ0v) is 21.8. The van der Waals surface area contributed by atoms with Crippen LogP contribution in [0.5, 0.6) is 23.0 Å². The Kier molecular flexibility index (Phi) is 6.98. The zero-order chi connectivity index (χ0) is 26.1. The van der Waals surface area contributed by atoms with Gasteiger partial charge in [-0.25, -0.2) is 0 Å². The summed E-state index contributed by atoms with van der Waals surface area (Å²) in [7, 11) is 0. The van der Waals surface area contributed by atoms with E-state index in [1.807, 2.05) is 37.3 Å². The average Bonchev–Trinajstić information content (AvgIpc) is 3.33. The van der Waals surface area contributed by atoms with Gasteiger partial charge in [0.2, 0.25) is 0 Å². The summed E-state index contributed by atoms with van der Waals surface area (Å²) in [6.07, 6.45) is 2.58. The van der Waals surface area contributed by atoms with Gasteiger partial charge in [0.15, 0.2) is 0 Å². The highest BCUT2D eigenvalue weighted by Gasteiger charge is 2.30. The normalized spacial score (nSPS) is 20.3. The first-order valence-electron chi connectivity index (χ1n) is 13.0. The summed E-state index contributed by atoms with van der Waals surface area (Å²) in [5.41, 5.74) is 5.39. The van der Waals surface area contributed by atoms with Gasteiger partial charge in [-0.05, 0) is 104 Å². The van der Waals surface area contributed by atoms with Crippen LogP contribution in [0.4, 0.5) is 0 Å². The van der Waals surface area contributed by atoms with Crippen molar-refractivity contribution in [2.45, 2.75) is 39.3 Å². The van der Waals surface area contributed by atoms with Crippen LogP contribution in [0.2, 0.25) is 0 Å². The standard InChI is InChI=1S/C32H35NO4/c1-5-23-14-25(16-27(35)15-23)31-22(4)29-17-26(34)8-11-30(29)37-32(31)24-6-9-28(10-7-24)36-19-21(3)33-13-12-20(2)18-33/h5-11,14-17,20-21,32,34-35H,1,12-13,18-19H2,2-4H3/t20-,21+,32?/m1/s1. The van der Waals surface area contributed by atoms with Crippen LogP contribution in [-0.2, 0) is 0 Å². The summed E-state index contributed by atoms with van der Waals surface area (Å²) in [5.74, 6) is 2.64. The van der Waals surface area contributed by atoms with E-state index in [2.05, 4.69) is 25.3 Å². The molecule has 2 aliphatic heterocycles. The van der Waals surface area contributed by atoms with Crippen molar-refractivity contribution in [2.75, 3.05) is 19.7 Å². The average molecular weight is 498 g/mol. The number of fused-ring (bicyclic) bond motifs is 1. The Bertz CT molecular complexity index is 1330. The van der Waals surface area contributed by atoms with Crippen molar-refractivity contribution in [3.63, 3.8) is 0 Å². The summed E-state index contributed by atoms with van der Waals surface area (Å²) in [6.45, 7) is 13.4. The van der Waals surface area contributed by atoms with Crippen molar-refractivity contribution in [1.29, 1.82) is 0 Å². The molecule has 0 spiro atoms. The number of rotatable bonds is 7. The van der Waals surface area contributed by atoms with Gasteiger partial charge < -0.3 is 19.7 Å². The van der Waals surface area contributed by atoms with Crippen molar-refractivity contribution in [1.82, 2.24) is 4.90 Å². The number of allylic oxidation sites excluding steroid dienone is 1. The Balaban J connectivity index is 1.44. The molecule has 1 unspecified atom stereocenters. The molecule has 0 bridgehead atoms. The Hall–Kier alpha value is -3.70. The minimum absolute atomic E-state index is 0.165. The van der Waals surface area contributed by atoms with Gasteiger partial charge in [-0.2, -0.15) is 0 Å². The van der Waals surface area contributed by atoms with Crippen LogP contribution >= 0.6 is 0 Å². The topological polar surface area (TPSA) is 62.2 Å². The van der Waals surface area contributed by atoms with Crippen molar-refractivity contribution < 1.29 is 19.7 Å². The molecule has 0 aromatic heterocycles. The molecule has 2 heterocycles. The molecule has 5 heteroatoms. The maximum atomic E-state index is 10.4. The molecular formula is C32H35NO4. The van der Waals surface area contributed by atoms with Crippen LogP contribution in [0.3, 0.4) is 0 Å². The number of aromatic hydroxyl groups is 2. The van der Waals surface area contributed by atoms with Gasteiger partial charge >= 0.3 is 0 Å². The minimum Gasteiger partial charge on any atom is -0.508 e. The molecule has 0 saturated carbocycles. The summed E-state index contributed by atoms with van der Waals surface area (Å²) < 4.78 is 12.7. The summed E-state index contributed by atoms with van der Waals surface area (Å²) in [5, 5.41) is 20.5. The summed E-state index contributed by atoms with van der Waals surface area (Å²) >= 11 is 0. The first kappa shape index (κ1) is 25.0. The van der Waals surface area contributed by atoms with E-state index in [0.717, 1.165) is 58.2 Å². The van der Waals surface area contributed by atoms with Crippen LogP contribution < -0.4 is 9.47 Å². The molecular weight excluding hydrogens is 462 g/mol. The predicted molar refractivity (Wildman–Crippen MR) is 149 cm³/mol. The SMILES string of the molecule is C=Cc1cc(O)cc(C2=C(C)c3cc(O)ccc3OC2c2ccc(OC[C@H](C)N3CC[C@@H](C)C3)cc2)c1. The van der Waals surface area contributed by atoms with Gasteiger partial charge in [-0.1, -0.05) is 31.7 Å². The maximum Gasteiger partial charge on any atom is 0.150 e. The number of hydrogen-bond donors (Lipinski definition) is 2. The summed E-state index contributed by atoms with van der Waals surface area (Å²) in [6, 6.07) is 19.0. The lowest BCUT2D eigenvalue weighted by Crippen LogP contribution is -2.35. The molecule has 37 heavy (non-hydrogen) atoms. The van der Waals surface area contributed by atoms with Crippen LogP contribution in [0, 0.1) is 5.92 Å². The van der Waals surface area contributed by atoms with Crippen LogP contribution in [0.25, 0.3) is 17.2 Å². The van der Waals surface area contributed by atoms with E-state index in [4.69, 9.17) is 9.47 Å². The van der Waals surface area contributed by atoms with Gasteiger partial charge in [-0.15, -0.1) is 0 Å². The molecule has 192 valence electrons. The Labute approximate surface area is 219 Å². The fraction of sp³-hybridized carbons (Fsp3) is 0.312. The number of hydrogen-bond acceptors (Lipinski definition) is 5. The molecule has 2 aliphatic rings. The van der Waals surface area contributed by atoms with E-state index in [-0.39, 0.29) is 11.5 Å². The fourth-order valence-corrected chi connectivity index (χ4v) is 5.38. The van der Waals surface area contributed by atoms with Crippen molar-refractivity contribution in [2.24, 2.45) is 5.92 Å². The molecule has 3 aromatic rings. The maximum absolute atomic E-state index is 10.4. The van der Waals surface area contributed by atoms with Crippen molar-refractivity contribution >= 4 is 17.2 Å². The van der Waals surface area contributed by atoms with Crippen molar-refractivity contribution in [3.05, 3.63) is 89.5 Å². The number of likely N-dealkylation sites (tertiary alicyclic amines) is 1. The Morgan fingerprint density at radius 1 is 1.08 bits per heavy atom. The highest BCUT2D eigenvalue weighted by atomic mass is 16.5. The molecule has 3 aromatic carbocycles. The molecule has 3 atom stereocenters. The largest absolute Gasteiger partial charge is 0.508 e. The first-order valence-corrected chi connectivity index (χ1v) is 13.0. The third kappa shape index (κ3) is 5.23. The van der Waals surface area contributed by atoms with Crippen molar-refractivity contribution in [3.8, 4) is 23.0 Å².